The lowest BCUT2D eigenvalue weighted by atomic mass is 10.2. The van der Waals surface area contributed by atoms with E-state index < -0.39 is 7.92 Å². The predicted octanol–water partition coefficient (Wildman–Crippen LogP) is 7.03. The molecule has 0 saturated heterocycles. The van der Waals surface area contributed by atoms with Crippen molar-refractivity contribution in [2.45, 2.75) is 62.3 Å². The summed E-state index contributed by atoms with van der Waals surface area (Å²) in [6, 6.07) is 11.8. The van der Waals surface area contributed by atoms with Crippen LogP contribution in [0.5, 0.6) is 51.7 Å². The Morgan fingerprint density at radius 2 is 0.457 bits per heavy atom. The predicted molar refractivity (Wildman–Crippen MR) is 186 cm³/mol. The summed E-state index contributed by atoms with van der Waals surface area (Å²) in [6.07, 6.45) is 0. The minimum Gasteiger partial charge on any atom is -0.493 e. The van der Waals surface area contributed by atoms with Crippen molar-refractivity contribution in [1.29, 1.82) is 0 Å². The first-order valence-corrected chi connectivity index (χ1v) is 17.8. The summed E-state index contributed by atoms with van der Waals surface area (Å²) in [7, 11) is -1.47. The number of ether oxygens (including phenoxy) is 9. The molecule has 10 heteroatoms. The zero-order chi connectivity index (χ0) is 33.5. The number of benzene rings is 3. The average Bonchev–Trinajstić information content (AvgIpc) is 3.03. The van der Waals surface area contributed by atoms with E-state index in [1.807, 2.05) is 98.7 Å². The fourth-order valence-electron chi connectivity index (χ4n) is 4.93. The minimum atomic E-state index is -1.47. The van der Waals surface area contributed by atoms with Gasteiger partial charge in [0.05, 0.1) is 59.5 Å². The molecule has 3 rings (SSSR count). The van der Waals surface area contributed by atoms with Gasteiger partial charge in [0, 0.05) is 34.1 Å². The number of hydrogen-bond donors (Lipinski definition) is 0. The van der Waals surface area contributed by atoms with Crippen LogP contribution < -0.4 is 58.5 Å². The first-order valence-electron chi connectivity index (χ1n) is 16.4. The van der Waals surface area contributed by atoms with Gasteiger partial charge in [-0.15, -0.1) is 0 Å². The maximum Gasteiger partial charge on any atom is 0.164 e. The first kappa shape index (κ1) is 36.8. The van der Waals surface area contributed by atoms with Gasteiger partial charge < -0.3 is 42.6 Å². The molecule has 0 saturated carbocycles. The minimum absolute atomic E-state index is 0.452. The van der Waals surface area contributed by atoms with Crippen LogP contribution in [0.2, 0.25) is 0 Å². The molecular formula is C36H51O9P. The van der Waals surface area contributed by atoms with Crippen molar-refractivity contribution in [2.75, 3.05) is 59.5 Å². The molecule has 0 aromatic heterocycles. The van der Waals surface area contributed by atoms with E-state index in [1.165, 1.54) is 0 Å². The third-order valence-electron chi connectivity index (χ3n) is 6.50. The molecule has 0 N–H and O–H groups in total. The van der Waals surface area contributed by atoms with Crippen LogP contribution in [0.4, 0.5) is 0 Å². The molecule has 0 spiro atoms. The Morgan fingerprint density at radius 3 is 0.652 bits per heavy atom. The second-order valence-electron chi connectivity index (χ2n) is 9.53. The zero-order valence-electron chi connectivity index (χ0n) is 28.9. The second-order valence-corrected chi connectivity index (χ2v) is 11.6. The van der Waals surface area contributed by atoms with Gasteiger partial charge in [-0.05, 0) is 88.4 Å². The fraction of sp³-hybridized carbons (Fsp3) is 0.500. The third kappa shape index (κ3) is 8.97. The van der Waals surface area contributed by atoms with E-state index in [-0.39, 0.29) is 0 Å². The van der Waals surface area contributed by atoms with Crippen molar-refractivity contribution in [2.24, 2.45) is 0 Å². The van der Waals surface area contributed by atoms with Crippen LogP contribution in [0.15, 0.2) is 36.4 Å². The normalized spacial score (nSPS) is 10.8. The highest BCUT2D eigenvalue weighted by Crippen LogP contribution is 2.49. The van der Waals surface area contributed by atoms with Crippen molar-refractivity contribution < 1.29 is 42.6 Å². The van der Waals surface area contributed by atoms with Crippen molar-refractivity contribution in [1.82, 2.24) is 0 Å². The molecule has 0 amide bonds. The van der Waals surface area contributed by atoms with Gasteiger partial charge in [-0.2, -0.15) is 0 Å². The van der Waals surface area contributed by atoms with E-state index in [9.17, 15) is 0 Å². The standard InChI is InChI=1S/C36H51O9P/c1-10-37-25-19-31(43-16-7)34(22-28(25)40-13-4)46(35-23-29(41-14-5)26(38-11-2)20-32(35)44-17-8)36-24-30(42-15-6)27(39-12-3)21-33(36)45-18-9/h19-24H,10-18H2,1-9H3. The van der Waals surface area contributed by atoms with Crippen LogP contribution in [0.25, 0.3) is 0 Å². The monoisotopic (exact) mass is 658 g/mol. The third-order valence-corrected chi connectivity index (χ3v) is 8.99. The van der Waals surface area contributed by atoms with Crippen LogP contribution in [0, 0.1) is 0 Å². The molecule has 0 aliphatic heterocycles. The highest BCUT2D eigenvalue weighted by Gasteiger charge is 2.32. The van der Waals surface area contributed by atoms with E-state index in [1.54, 1.807) is 0 Å². The molecule has 0 atom stereocenters. The van der Waals surface area contributed by atoms with Gasteiger partial charge in [0.1, 0.15) is 17.2 Å². The summed E-state index contributed by atoms with van der Waals surface area (Å²) in [4.78, 5) is 0. The molecular weight excluding hydrogens is 607 g/mol. The zero-order valence-corrected chi connectivity index (χ0v) is 29.8. The van der Waals surface area contributed by atoms with Crippen LogP contribution in [-0.2, 0) is 0 Å². The van der Waals surface area contributed by atoms with E-state index in [0.717, 1.165) is 15.9 Å². The molecule has 0 heterocycles. The lowest BCUT2D eigenvalue weighted by Gasteiger charge is -2.28. The summed E-state index contributed by atoms with van der Waals surface area (Å²) < 4.78 is 55.5. The summed E-state index contributed by atoms with van der Waals surface area (Å²) in [6.45, 7) is 21.8. The van der Waals surface area contributed by atoms with Gasteiger partial charge in [-0.1, -0.05) is 0 Å². The Morgan fingerprint density at radius 1 is 0.283 bits per heavy atom. The van der Waals surface area contributed by atoms with Gasteiger partial charge in [0.15, 0.2) is 34.5 Å². The maximum atomic E-state index is 6.35. The Kier molecular flexibility index (Phi) is 15.2. The second kappa shape index (κ2) is 19.1. The topological polar surface area (TPSA) is 83.1 Å². The molecule has 0 bridgehead atoms. The van der Waals surface area contributed by atoms with Gasteiger partial charge >= 0.3 is 0 Å². The van der Waals surface area contributed by atoms with Crippen molar-refractivity contribution in [3.8, 4) is 51.7 Å². The highest BCUT2D eigenvalue weighted by atomic mass is 31.1. The molecule has 9 nitrogen and oxygen atoms in total. The summed E-state index contributed by atoms with van der Waals surface area (Å²) in [5.74, 6) is 5.73. The van der Waals surface area contributed by atoms with Gasteiger partial charge in [0.25, 0.3) is 0 Å². The first-order chi connectivity index (χ1) is 22.4. The summed E-state index contributed by atoms with van der Waals surface area (Å²) in [5.41, 5.74) is 0. The number of hydrogen-bond acceptors (Lipinski definition) is 9. The molecule has 0 aliphatic rings. The number of rotatable bonds is 21. The molecule has 254 valence electrons. The van der Waals surface area contributed by atoms with Crippen LogP contribution >= 0.6 is 7.92 Å². The Balaban J connectivity index is 2.57. The smallest absolute Gasteiger partial charge is 0.164 e. The fourth-order valence-corrected chi connectivity index (χ4v) is 7.49. The molecule has 3 aromatic rings. The lowest BCUT2D eigenvalue weighted by Crippen LogP contribution is -2.26. The van der Waals surface area contributed by atoms with Crippen molar-refractivity contribution in [3.63, 3.8) is 0 Å². The van der Waals surface area contributed by atoms with E-state index in [0.29, 0.717) is 111 Å². The highest BCUT2D eigenvalue weighted by molar-refractivity contribution is 7.80. The molecule has 0 radical (unpaired) electrons. The lowest BCUT2D eigenvalue weighted by molar-refractivity contribution is 0.283. The Labute approximate surface area is 276 Å². The molecule has 0 aliphatic carbocycles. The van der Waals surface area contributed by atoms with Crippen molar-refractivity contribution in [3.05, 3.63) is 36.4 Å². The van der Waals surface area contributed by atoms with E-state index in [2.05, 4.69) is 0 Å². The Hall–Kier alpha value is -3.71. The molecule has 0 unspecified atom stereocenters. The van der Waals surface area contributed by atoms with Crippen LogP contribution in [-0.4, -0.2) is 59.5 Å². The van der Waals surface area contributed by atoms with Crippen LogP contribution in [0.1, 0.15) is 62.3 Å². The molecule has 0 fully saturated rings. The summed E-state index contributed by atoms with van der Waals surface area (Å²) in [5, 5.41) is 2.68. The van der Waals surface area contributed by atoms with E-state index in [4.69, 9.17) is 42.6 Å². The van der Waals surface area contributed by atoms with Crippen LogP contribution in [0.3, 0.4) is 0 Å². The van der Waals surface area contributed by atoms with Crippen molar-refractivity contribution >= 4 is 23.8 Å². The molecule has 3 aromatic carbocycles. The van der Waals surface area contributed by atoms with E-state index >= 15 is 0 Å². The quantitative estimate of drug-likeness (QED) is 0.112. The largest absolute Gasteiger partial charge is 0.493 e. The Bertz CT molecular complexity index is 1210. The average molecular weight is 659 g/mol. The van der Waals surface area contributed by atoms with Gasteiger partial charge in [0.2, 0.25) is 0 Å². The summed E-state index contributed by atoms with van der Waals surface area (Å²) >= 11 is 0. The maximum absolute atomic E-state index is 6.35. The SMILES string of the molecule is CCOc1cc(OCC)c(P(c2cc(OCC)c(OCC)cc2OCC)c2cc(OCC)c(OCC)cc2OCC)cc1OCC. The van der Waals surface area contributed by atoms with Gasteiger partial charge in [-0.25, -0.2) is 0 Å². The van der Waals surface area contributed by atoms with Gasteiger partial charge in [-0.3, -0.25) is 0 Å². The molecule has 46 heavy (non-hydrogen) atoms.